The number of carboxylic acids is 1. The molecule has 0 aliphatic rings. The average molecular weight is 344 g/mol. The molecule has 0 saturated carbocycles. The quantitative estimate of drug-likeness (QED) is 0.613. The van der Waals surface area contributed by atoms with Gasteiger partial charge in [0.1, 0.15) is 5.75 Å². The maximum atomic E-state index is 11.9. The fourth-order valence-electron chi connectivity index (χ4n) is 2.51. The monoisotopic (exact) mass is 344 g/mol. The predicted molar refractivity (Wildman–Crippen MR) is 94.6 cm³/mol. The lowest BCUT2D eigenvalue weighted by Crippen LogP contribution is -2.04. The highest BCUT2D eigenvalue weighted by Gasteiger charge is 2.22. The molecule has 0 aliphatic carbocycles. The summed E-state index contributed by atoms with van der Waals surface area (Å²) in [5.41, 5.74) is 1.06. The van der Waals surface area contributed by atoms with Crippen LogP contribution in [-0.4, -0.2) is 39.5 Å². The second kappa shape index (κ2) is 8.10. The first-order chi connectivity index (χ1) is 12.1. The second-order valence-electron chi connectivity index (χ2n) is 4.99. The van der Waals surface area contributed by atoms with E-state index in [2.05, 4.69) is 0 Å². The van der Waals surface area contributed by atoms with Crippen LogP contribution >= 0.6 is 0 Å². The Balaban J connectivity index is 2.70. The van der Waals surface area contributed by atoms with Gasteiger partial charge in [0.15, 0.2) is 11.5 Å². The van der Waals surface area contributed by atoms with Gasteiger partial charge in [0.2, 0.25) is 5.75 Å². The number of methoxy groups -OCH3 is 4. The van der Waals surface area contributed by atoms with Gasteiger partial charge in [0.05, 0.1) is 34.0 Å². The van der Waals surface area contributed by atoms with Crippen molar-refractivity contribution in [1.29, 1.82) is 0 Å². The zero-order valence-corrected chi connectivity index (χ0v) is 14.5. The molecule has 0 amide bonds. The maximum Gasteiger partial charge on any atom is 0.336 e. The van der Waals surface area contributed by atoms with Gasteiger partial charge >= 0.3 is 5.97 Å². The molecule has 1 N–H and O–H groups in total. The highest BCUT2D eigenvalue weighted by Crippen LogP contribution is 2.43. The van der Waals surface area contributed by atoms with Gasteiger partial charge in [-0.3, -0.25) is 0 Å². The summed E-state index contributed by atoms with van der Waals surface area (Å²) in [5, 5.41) is 9.72. The number of carboxylic acid groups (broad SMARTS) is 1. The number of carbonyl (C=O) groups is 1. The highest BCUT2D eigenvalue weighted by molar-refractivity contribution is 6.21. The van der Waals surface area contributed by atoms with Crippen LogP contribution in [0.4, 0.5) is 0 Å². The molecule has 0 heterocycles. The molecule has 0 spiro atoms. The van der Waals surface area contributed by atoms with Crippen molar-refractivity contribution < 1.29 is 28.8 Å². The number of para-hydroxylation sites is 1. The minimum absolute atomic E-state index is 0.0438. The third kappa shape index (κ3) is 3.68. The highest BCUT2D eigenvalue weighted by atomic mass is 16.5. The van der Waals surface area contributed by atoms with Gasteiger partial charge in [0, 0.05) is 11.1 Å². The first-order valence-corrected chi connectivity index (χ1v) is 7.44. The molecule has 0 aliphatic heterocycles. The van der Waals surface area contributed by atoms with Crippen LogP contribution in [0.15, 0.2) is 36.4 Å². The Morgan fingerprint density at radius 2 is 1.48 bits per heavy atom. The number of hydrogen-bond acceptors (Lipinski definition) is 5. The van der Waals surface area contributed by atoms with Crippen molar-refractivity contribution in [2.45, 2.75) is 0 Å². The molecule has 0 unspecified atom stereocenters. The third-order valence-electron chi connectivity index (χ3n) is 3.66. The van der Waals surface area contributed by atoms with E-state index in [1.54, 1.807) is 30.3 Å². The zero-order chi connectivity index (χ0) is 18.4. The first-order valence-electron chi connectivity index (χ1n) is 7.44. The summed E-state index contributed by atoms with van der Waals surface area (Å²) in [5.74, 6) is 0.530. The number of hydrogen-bond donors (Lipinski definition) is 1. The van der Waals surface area contributed by atoms with E-state index in [4.69, 9.17) is 18.9 Å². The summed E-state index contributed by atoms with van der Waals surface area (Å²) in [6.45, 7) is 0. The SMILES string of the molecule is COc1ccccc1/C=C(\C(=O)O)c1ccc(OC)c(OC)c1OC. The van der Waals surface area contributed by atoms with Gasteiger partial charge in [-0.1, -0.05) is 18.2 Å². The van der Waals surface area contributed by atoms with Crippen LogP contribution in [0.25, 0.3) is 11.6 Å². The predicted octanol–water partition coefficient (Wildman–Crippen LogP) is 3.35. The summed E-state index contributed by atoms with van der Waals surface area (Å²) >= 11 is 0. The Kier molecular flexibility index (Phi) is 5.89. The van der Waals surface area contributed by atoms with Crippen molar-refractivity contribution in [3.8, 4) is 23.0 Å². The van der Waals surface area contributed by atoms with Crippen LogP contribution in [0.2, 0.25) is 0 Å². The Morgan fingerprint density at radius 3 is 2.04 bits per heavy atom. The molecular formula is C19H20O6. The Bertz CT molecular complexity index is 794. The van der Waals surface area contributed by atoms with Gasteiger partial charge < -0.3 is 24.1 Å². The molecule has 0 fully saturated rings. The molecule has 132 valence electrons. The topological polar surface area (TPSA) is 74.2 Å². The molecule has 2 aromatic rings. The van der Waals surface area contributed by atoms with Crippen LogP contribution in [0.3, 0.4) is 0 Å². The normalized spacial score (nSPS) is 11.0. The van der Waals surface area contributed by atoms with E-state index in [0.717, 1.165) is 0 Å². The van der Waals surface area contributed by atoms with Crippen LogP contribution in [-0.2, 0) is 4.79 Å². The standard InChI is InChI=1S/C19H20O6/c1-22-15-8-6-5-7-12(15)11-14(19(20)21)13-9-10-16(23-2)18(25-4)17(13)24-3/h5-11H,1-4H3,(H,20,21)/b14-11-. The Hall–Kier alpha value is -3.15. The van der Waals surface area contributed by atoms with E-state index in [9.17, 15) is 9.90 Å². The van der Waals surface area contributed by atoms with Gasteiger partial charge in [-0.15, -0.1) is 0 Å². The average Bonchev–Trinajstić information content (AvgIpc) is 2.64. The number of rotatable bonds is 7. The van der Waals surface area contributed by atoms with E-state index < -0.39 is 5.97 Å². The van der Waals surface area contributed by atoms with E-state index in [-0.39, 0.29) is 11.3 Å². The molecule has 6 nitrogen and oxygen atoms in total. The molecular weight excluding hydrogens is 324 g/mol. The summed E-state index contributed by atoms with van der Waals surface area (Å²) in [7, 11) is 5.95. The molecule has 2 rings (SSSR count). The number of benzene rings is 2. The Morgan fingerprint density at radius 1 is 0.840 bits per heavy atom. The van der Waals surface area contributed by atoms with Crippen molar-refractivity contribution in [3.05, 3.63) is 47.5 Å². The van der Waals surface area contributed by atoms with Gasteiger partial charge in [-0.05, 0) is 24.3 Å². The van der Waals surface area contributed by atoms with E-state index in [1.165, 1.54) is 34.5 Å². The van der Waals surface area contributed by atoms with Crippen molar-refractivity contribution in [2.24, 2.45) is 0 Å². The van der Waals surface area contributed by atoms with Gasteiger partial charge in [-0.2, -0.15) is 0 Å². The molecule has 25 heavy (non-hydrogen) atoms. The Labute approximate surface area is 146 Å². The van der Waals surface area contributed by atoms with Crippen LogP contribution in [0.1, 0.15) is 11.1 Å². The van der Waals surface area contributed by atoms with Crippen molar-refractivity contribution in [3.63, 3.8) is 0 Å². The molecule has 0 saturated heterocycles. The minimum atomic E-state index is -1.10. The zero-order valence-electron chi connectivity index (χ0n) is 14.5. The van der Waals surface area contributed by atoms with Crippen molar-refractivity contribution in [1.82, 2.24) is 0 Å². The van der Waals surface area contributed by atoms with Crippen LogP contribution in [0, 0.1) is 0 Å². The van der Waals surface area contributed by atoms with E-state index in [1.807, 2.05) is 6.07 Å². The van der Waals surface area contributed by atoms with Crippen LogP contribution < -0.4 is 18.9 Å². The molecule has 0 aromatic heterocycles. The second-order valence-corrected chi connectivity index (χ2v) is 4.99. The smallest absolute Gasteiger partial charge is 0.336 e. The summed E-state index contributed by atoms with van der Waals surface area (Å²) in [6, 6.07) is 10.4. The third-order valence-corrected chi connectivity index (χ3v) is 3.66. The molecule has 0 atom stereocenters. The summed E-state index contributed by atoms with van der Waals surface area (Å²) in [4.78, 5) is 11.9. The lowest BCUT2D eigenvalue weighted by atomic mass is 10.0. The number of aliphatic carboxylic acids is 1. The fraction of sp³-hybridized carbons (Fsp3) is 0.211. The van der Waals surface area contributed by atoms with Gasteiger partial charge in [0.25, 0.3) is 0 Å². The molecule has 0 bridgehead atoms. The number of ether oxygens (including phenoxy) is 4. The fourth-order valence-corrected chi connectivity index (χ4v) is 2.51. The lowest BCUT2D eigenvalue weighted by Gasteiger charge is -2.16. The van der Waals surface area contributed by atoms with E-state index >= 15 is 0 Å². The van der Waals surface area contributed by atoms with Crippen molar-refractivity contribution >= 4 is 17.6 Å². The molecule has 6 heteroatoms. The molecule has 0 radical (unpaired) electrons. The molecule has 2 aromatic carbocycles. The summed E-state index contributed by atoms with van der Waals surface area (Å²) in [6.07, 6.45) is 1.53. The van der Waals surface area contributed by atoms with Crippen LogP contribution in [0.5, 0.6) is 23.0 Å². The summed E-state index contributed by atoms with van der Waals surface area (Å²) < 4.78 is 21.2. The lowest BCUT2D eigenvalue weighted by molar-refractivity contribution is -0.130. The van der Waals surface area contributed by atoms with Gasteiger partial charge in [-0.25, -0.2) is 4.79 Å². The van der Waals surface area contributed by atoms with E-state index in [0.29, 0.717) is 28.4 Å². The first kappa shape index (κ1) is 18.2. The minimum Gasteiger partial charge on any atom is -0.496 e. The largest absolute Gasteiger partial charge is 0.496 e. The van der Waals surface area contributed by atoms with Crippen molar-refractivity contribution in [2.75, 3.05) is 28.4 Å². The maximum absolute atomic E-state index is 11.9.